The van der Waals surface area contributed by atoms with E-state index in [-0.39, 0.29) is 41.1 Å². The Bertz CT molecular complexity index is 1970. The van der Waals surface area contributed by atoms with Crippen LogP contribution >= 0.6 is 0 Å². The highest BCUT2D eigenvalue weighted by atomic mass is 16.2. The number of anilines is 6. The first-order valence-corrected chi connectivity index (χ1v) is 18.9. The molecule has 17 nitrogen and oxygen atoms in total. The fraction of sp³-hybridized carbons (Fsp3) is 0.410. The number of aromatic nitrogens is 6. The molecule has 2 aromatic heterocycles. The molecular weight excluding hydrogens is 713 g/mol. The first-order valence-electron chi connectivity index (χ1n) is 18.9. The Hall–Kier alpha value is -6.23. The fourth-order valence-electron chi connectivity index (χ4n) is 6.22. The van der Waals surface area contributed by atoms with Gasteiger partial charge in [-0.15, -0.1) is 20.4 Å². The van der Waals surface area contributed by atoms with E-state index in [1.54, 1.807) is 4.90 Å². The molecule has 4 aromatic rings. The first kappa shape index (κ1) is 40.9. The lowest BCUT2D eigenvalue weighted by Gasteiger charge is -2.32. The number of carbonyl (C=O) groups excluding carboxylic acids is 3. The molecule has 56 heavy (non-hydrogen) atoms. The van der Waals surface area contributed by atoms with E-state index in [9.17, 15) is 14.4 Å². The van der Waals surface area contributed by atoms with Crippen LogP contribution in [0.2, 0.25) is 0 Å². The first-order chi connectivity index (χ1) is 26.9. The van der Waals surface area contributed by atoms with E-state index < -0.39 is 11.8 Å². The van der Waals surface area contributed by atoms with Crippen molar-refractivity contribution in [2.45, 2.75) is 77.3 Å². The average Bonchev–Trinajstić information content (AvgIpc) is 3.19. The molecule has 0 radical (unpaired) electrons. The van der Waals surface area contributed by atoms with Crippen LogP contribution in [0.3, 0.4) is 0 Å². The molecule has 3 amide bonds. The maximum Gasteiger partial charge on any atom is 0.273 e. The average molecular weight is 765 g/mol. The smallest absolute Gasteiger partial charge is 0.273 e. The van der Waals surface area contributed by atoms with Crippen molar-refractivity contribution in [3.05, 3.63) is 83.7 Å². The van der Waals surface area contributed by atoms with Gasteiger partial charge >= 0.3 is 0 Å². The Morgan fingerprint density at radius 3 is 1.66 bits per heavy atom. The van der Waals surface area contributed by atoms with Gasteiger partial charge in [-0.25, -0.2) is 0 Å². The summed E-state index contributed by atoms with van der Waals surface area (Å²) in [5, 5.41) is 31.9. The van der Waals surface area contributed by atoms with Gasteiger partial charge in [-0.3, -0.25) is 14.4 Å². The third kappa shape index (κ3) is 11.4. The van der Waals surface area contributed by atoms with Crippen LogP contribution in [0.25, 0.3) is 0 Å². The van der Waals surface area contributed by atoms with Gasteiger partial charge < -0.3 is 43.0 Å². The third-order valence-electron chi connectivity index (χ3n) is 9.39. The molecule has 2 saturated heterocycles. The van der Waals surface area contributed by atoms with E-state index in [2.05, 4.69) is 91.2 Å². The summed E-state index contributed by atoms with van der Waals surface area (Å²) in [5.41, 5.74) is 14.8. The minimum atomic E-state index is -0.719. The number of likely N-dealkylation sites (tertiary alicyclic amines) is 1. The monoisotopic (exact) mass is 764 g/mol. The number of hydrogen-bond donors (Lipinski definition) is 7. The Balaban J connectivity index is 0.000000216. The minimum absolute atomic E-state index is 0.0188. The van der Waals surface area contributed by atoms with Crippen LogP contribution in [0.4, 0.5) is 34.9 Å². The van der Waals surface area contributed by atoms with Crippen LogP contribution in [-0.2, 0) is 4.79 Å². The normalized spacial score (nSPS) is 16.6. The molecule has 0 saturated carbocycles. The number of benzene rings is 2. The summed E-state index contributed by atoms with van der Waals surface area (Å²) in [6, 6.07) is 16.0. The third-order valence-corrected chi connectivity index (χ3v) is 9.39. The van der Waals surface area contributed by atoms with Crippen LogP contribution < -0.4 is 38.1 Å². The number of carbonyl (C=O) groups is 3. The molecule has 0 aliphatic carbocycles. The number of rotatable bonds is 13. The van der Waals surface area contributed by atoms with Crippen molar-refractivity contribution in [1.82, 2.24) is 40.6 Å². The summed E-state index contributed by atoms with van der Waals surface area (Å²) in [6.45, 7) is 15.1. The lowest BCUT2D eigenvalue weighted by atomic mass is 10.0. The zero-order valence-corrected chi connectivity index (χ0v) is 32.4. The SMILES string of the molecule is C=CC(=O)N1CCC[C@H](Nc2nnc(C(N)=O)c(Nc3ccc(C(C)C)cc3)n2)C1.CC(C)c1ccc(Nc2nc(N[C@H]3CCCNC3)nnc2C(N)=O)cc1. The number of amides is 3. The Morgan fingerprint density at radius 2 is 1.23 bits per heavy atom. The van der Waals surface area contributed by atoms with Crippen molar-refractivity contribution < 1.29 is 14.4 Å². The Labute approximate surface area is 326 Å². The van der Waals surface area contributed by atoms with Crippen molar-refractivity contribution in [2.24, 2.45) is 11.5 Å². The minimum Gasteiger partial charge on any atom is -0.364 e. The maximum atomic E-state index is 11.9. The summed E-state index contributed by atoms with van der Waals surface area (Å²) in [4.78, 5) is 45.9. The second-order valence-corrected chi connectivity index (χ2v) is 14.4. The summed E-state index contributed by atoms with van der Waals surface area (Å²) in [7, 11) is 0. The highest BCUT2D eigenvalue weighted by molar-refractivity contribution is 5.96. The maximum absolute atomic E-state index is 11.9. The van der Waals surface area contributed by atoms with Crippen LogP contribution in [-0.4, -0.2) is 91.2 Å². The number of hydrogen-bond acceptors (Lipinski definition) is 14. The van der Waals surface area contributed by atoms with Crippen LogP contribution in [0.5, 0.6) is 0 Å². The van der Waals surface area contributed by atoms with Gasteiger partial charge in [0.05, 0.1) is 0 Å². The van der Waals surface area contributed by atoms with Crippen LogP contribution in [0.15, 0.2) is 61.2 Å². The van der Waals surface area contributed by atoms with Gasteiger partial charge in [-0.05, 0) is 85.5 Å². The molecule has 2 aliphatic heterocycles. The molecule has 2 aliphatic rings. The van der Waals surface area contributed by atoms with Crippen molar-refractivity contribution in [2.75, 3.05) is 47.4 Å². The molecule has 4 heterocycles. The van der Waals surface area contributed by atoms with Crippen LogP contribution in [0, 0.1) is 0 Å². The summed E-state index contributed by atoms with van der Waals surface area (Å²) in [6.07, 6.45) is 5.17. The second kappa shape index (κ2) is 19.4. The van der Waals surface area contributed by atoms with Gasteiger partial charge in [-0.1, -0.05) is 58.5 Å². The number of piperidine rings is 2. The largest absolute Gasteiger partial charge is 0.364 e. The molecule has 17 heteroatoms. The predicted molar refractivity (Wildman–Crippen MR) is 217 cm³/mol. The van der Waals surface area contributed by atoms with E-state index in [4.69, 9.17) is 11.5 Å². The molecule has 296 valence electrons. The van der Waals surface area contributed by atoms with E-state index >= 15 is 0 Å². The van der Waals surface area contributed by atoms with Gasteiger partial charge in [0.2, 0.25) is 17.8 Å². The summed E-state index contributed by atoms with van der Waals surface area (Å²) < 4.78 is 0. The van der Waals surface area contributed by atoms with Gasteiger partial charge in [-0.2, -0.15) is 9.97 Å². The van der Waals surface area contributed by atoms with Crippen molar-refractivity contribution in [3.8, 4) is 0 Å². The van der Waals surface area contributed by atoms with E-state index in [0.717, 1.165) is 50.1 Å². The molecular formula is C39H52N14O3. The predicted octanol–water partition coefficient (Wildman–Crippen LogP) is 4.43. The van der Waals surface area contributed by atoms with Gasteiger partial charge in [0.1, 0.15) is 0 Å². The zero-order valence-electron chi connectivity index (χ0n) is 32.4. The summed E-state index contributed by atoms with van der Waals surface area (Å²) >= 11 is 0. The summed E-state index contributed by atoms with van der Waals surface area (Å²) in [5.74, 6) is 0.551. The van der Waals surface area contributed by atoms with Crippen molar-refractivity contribution in [1.29, 1.82) is 0 Å². The number of nitrogens with two attached hydrogens (primary N) is 2. The molecule has 0 spiro atoms. The van der Waals surface area contributed by atoms with Crippen LogP contribution in [0.1, 0.15) is 97.3 Å². The fourth-order valence-corrected chi connectivity index (χ4v) is 6.22. The van der Waals surface area contributed by atoms with Gasteiger partial charge in [0.15, 0.2) is 23.0 Å². The topological polar surface area (TPSA) is 244 Å². The molecule has 0 unspecified atom stereocenters. The molecule has 6 rings (SSSR count). The van der Waals surface area contributed by atoms with Crippen molar-refractivity contribution >= 4 is 52.6 Å². The van der Waals surface area contributed by atoms with E-state index in [0.29, 0.717) is 36.7 Å². The van der Waals surface area contributed by atoms with Gasteiger partial charge in [0, 0.05) is 43.1 Å². The van der Waals surface area contributed by atoms with E-state index in [1.807, 2.05) is 48.5 Å². The number of nitrogens with one attached hydrogen (secondary N) is 5. The van der Waals surface area contributed by atoms with E-state index in [1.165, 1.54) is 17.2 Å². The number of nitrogens with zero attached hydrogens (tertiary/aromatic N) is 7. The molecule has 2 fully saturated rings. The lowest BCUT2D eigenvalue weighted by molar-refractivity contribution is -0.127. The quantitative estimate of drug-likeness (QED) is 0.0932. The zero-order chi connectivity index (χ0) is 40.2. The standard InChI is InChI=1S/C21H27N7O2.C18H25N7O/c1-4-17(29)28-11-5-6-16(12-28)24-21-25-20(18(19(22)30)26-27-21)23-15-9-7-14(8-10-15)13(2)3;1-11(2)12-5-7-13(8-6-12)21-17-15(16(19)26)24-25-18(23-17)22-14-4-3-9-20-10-14/h4,7-10,13,16H,1,5-6,11-12H2,2-3H3,(H2,22,30)(H2,23,24,25,27);5-8,11,14,20H,3-4,9-10H2,1-2H3,(H2,19,26)(H2,21,22,23,25)/t16-;14-/m00/s1. The Kier molecular flexibility index (Phi) is 14.2. The lowest BCUT2D eigenvalue weighted by Crippen LogP contribution is -2.44. The highest BCUT2D eigenvalue weighted by Crippen LogP contribution is 2.24. The molecule has 9 N–H and O–H groups in total. The van der Waals surface area contributed by atoms with Gasteiger partial charge in [0.25, 0.3) is 11.8 Å². The Morgan fingerprint density at radius 1 is 0.750 bits per heavy atom. The number of primary amides is 2. The molecule has 2 aromatic carbocycles. The highest BCUT2D eigenvalue weighted by Gasteiger charge is 2.24. The second-order valence-electron chi connectivity index (χ2n) is 14.4. The molecule has 2 atom stereocenters. The molecule has 0 bridgehead atoms. The van der Waals surface area contributed by atoms with Crippen molar-refractivity contribution in [3.63, 3.8) is 0 Å².